The van der Waals surface area contributed by atoms with Gasteiger partial charge in [0, 0.05) is 13.2 Å². The van der Waals surface area contributed by atoms with E-state index in [2.05, 4.69) is 32.4 Å². The molecular formula is C25H31ClFN5O. The van der Waals surface area contributed by atoms with Gasteiger partial charge in [0.15, 0.2) is 0 Å². The smallest absolute Gasteiger partial charge is 0.144 e. The molecular weight excluding hydrogens is 441 g/mol. The number of benzene rings is 1. The Bertz CT molecular complexity index is 999. The number of pyridine rings is 1. The van der Waals surface area contributed by atoms with E-state index in [4.69, 9.17) is 16.3 Å². The SMILES string of the molecule is C=C/C(F)=C(/CCCOCCC)N=C(C)N/N=C\c1cccc(Nc2c(C)cccc2Cl)n1. The molecule has 8 heteroatoms. The highest BCUT2D eigenvalue weighted by atomic mass is 35.5. The summed E-state index contributed by atoms with van der Waals surface area (Å²) in [6.07, 6.45) is 4.80. The molecule has 1 aromatic carbocycles. The van der Waals surface area contributed by atoms with Crippen LogP contribution < -0.4 is 10.7 Å². The summed E-state index contributed by atoms with van der Waals surface area (Å²) in [4.78, 5) is 8.83. The molecule has 0 saturated carbocycles. The number of allylic oxidation sites excluding steroid dienone is 3. The number of hydrazone groups is 1. The largest absolute Gasteiger partial charge is 0.381 e. The van der Waals surface area contributed by atoms with Gasteiger partial charge in [-0.2, -0.15) is 5.10 Å². The third-order valence-electron chi connectivity index (χ3n) is 4.48. The molecule has 0 fully saturated rings. The molecule has 0 radical (unpaired) electrons. The van der Waals surface area contributed by atoms with Crippen LogP contribution in [0.4, 0.5) is 15.9 Å². The molecule has 176 valence electrons. The summed E-state index contributed by atoms with van der Waals surface area (Å²) in [5.74, 6) is 0.642. The van der Waals surface area contributed by atoms with Crippen LogP contribution >= 0.6 is 11.6 Å². The molecule has 2 rings (SSSR count). The van der Waals surface area contributed by atoms with Gasteiger partial charge in [0.2, 0.25) is 0 Å². The zero-order valence-electron chi connectivity index (χ0n) is 19.4. The minimum Gasteiger partial charge on any atom is -0.381 e. The standard InChI is InChI=1S/C25H31ClFN5O/c1-5-15-33-16-9-13-23(22(27)6-2)29-19(4)32-28-17-20-11-8-14-24(30-20)31-25-18(3)10-7-12-21(25)26/h6-8,10-12,14,17H,2,5,9,13,15-16H2,1,3-4H3,(H,29,32)(H,30,31)/b23-22+,28-17-. The van der Waals surface area contributed by atoms with E-state index in [9.17, 15) is 4.39 Å². The molecule has 0 saturated heterocycles. The number of aliphatic imine (C=N–C) groups is 1. The molecule has 2 aromatic rings. The summed E-state index contributed by atoms with van der Waals surface area (Å²) in [5.41, 5.74) is 5.58. The van der Waals surface area contributed by atoms with E-state index in [1.165, 1.54) is 0 Å². The number of hydrogen-bond donors (Lipinski definition) is 2. The number of amidine groups is 1. The van der Waals surface area contributed by atoms with Gasteiger partial charge in [-0.05, 0) is 62.9 Å². The van der Waals surface area contributed by atoms with Gasteiger partial charge in [-0.1, -0.05) is 43.3 Å². The number of hydrogen-bond acceptors (Lipinski definition) is 5. The maximum absolute atomic E-state index is 14.1. The minimum atomic E-state index is -0.453. The van der Waals surface area contributed by atoms with Crippen molar-refractivity contribution in [1.29, 1.82) is 0 Å². The van der Waals surface area contributed by atoms with Gasteiger partial charge in [-0.25, -0.2) is 14.4 Å². The fourth-order valence-corrected chi connectivity index (χ4v) is 3.13. The number of aryl methyl sites for hydroxylation is 1. The Hall–Kier alpha value is -3.03. The molecule has 6 nitrogen and oxygen atoms in total. The average molecular weight is 472 g/mol. The van der Waals surface area contributed by atoms with Crippen molar-refractivity contribution in [3.05, 3.63) is 76.9 Å². The predicted octanol–water partition coefficient (Wildman–Crippen LogP) is 6.70. The van der Waals surface area contributed by atoms with E-state index in [1.807, 2.05) is 50.2 Å². The molecule has 0 aliphatic rings. The Morgan fingerprint density at radius 2 is 2.03 bits per heavy atom. The maximum Gasteiger partial charge on any atom is 0.144 e. The van der Waals surface area contributed by atoms with Crippen molar-refractivity contribution in [3.8, 4) is 0 Å². The topological polar surface area (TPSA) is 70.9 Å². The van der Waals surface area contributed by atoms with Gasteiger partial charge in [0.25, 0.3) is 0 Å². The number of nitrogens with zero attached hydrogens (tertiary/aromatic N) is 3. The van der Waals surface area contributed by atoms with E-state index in [1.54, 1.807) is 13.1 Å². The van der Waals surface area contributed by atoms with Crippen molar-refractivity contribution in [2.24, 2.45) is 10.1 Å². The lowest BCUT2D eigenvalue weighted by atomic mass is 10.2. The van der Waals surface area contributed by atoms with E-state index in [0.29, 0.717) is 54.1 Å². The van der Waals surface area contributed by atoms with Crippen molar-refractivity contribution < 1.29 is 9.13 Å². The number of aromatic nitrogens is 1. The Morgan fingerprint density at radius 3 is 2.76 bits per heavy atom. The van der Waals surface area contributed by atoms with E-state index in [-0.39, 0.29) is 0 Å². The van der Waals surface area contributed by atoms with Crippen LogP contribution in [0.3, 0.4) is 0 Å². The number of ether oxygens (including phenoxy) is 1. The number of anilines is 2. The quantitative estimate of drug-likeness (QED) is 0.119. The Labute approximate surface area is 200 Å². The summed E-state index contributed by atoms with van der Waals surface area (Å²) in [7, 11) is 0. The second-order valence-electron chi connectivity index (χ2n) is 7.29. The third-order valence-corrected chi connectivity index (χ3v) is 4.79. The zero-order valence-corrected chi connectivity index (χ0v) is 20.1. The third kappa shape index (κ3) is 9.16. The van der Waals surface area contributed by atoms with Crippen molar-refractivity contribution in [2.45, 2.75) is 40.0 Å². The molecule has 0 aliphatic heterocycles. The highest BCUT2D eigenvalue weighted by Crippen LogP contribution is 2.27. The van der Waals surface area contributed by atoms with Crippen molar-refractivity contribution in [2.75, 3.05) is 18.5 Å². The second-order valence-corrected chi connectivity index (χ2v) is 7.69. The maximum atomic E-state index is 14.1. The van der Waals surface area contributed by atoms with Crippen LogP contribution in [0.25, 0.3) is 0 Å². The number of para-hydroxylation sites is 1. The Balaban J connectivity index is 2.00. The normalized spacial score (nSPS) is 12.6. The summed E-state index contributed by atoms with van der Waals surface area (Å²) in [6.45, 7) is 10.5. The van der Waals surface area contributed by atoms with Crippen LogP contribution in [0.1, 0.15) is 44.4 Å². The lowest BCUT2D eigenvalue weighted by Crippen LogP contribution is -2.14. The van der Waals surface area contributed by atoms with Crippen LogP contribution in [0.2, 0.25) is 5.02 Å². The Kier molecular flexibility index (Phi) is 11.3. The number of nitrogens with one attached hydrogen (secondary N) is 2. The van der Waals surface area contributed by atoms with Gasteiger partial charge in [-0.3, -0.25) is 5.43 Å². The first-order valence-corrected chi connectivity index (χ1v) is 11.2. The molecule has 1 aromatic heterocycles. The first-order chi connectivity index (χ1) is 15.9. The lowest BCUT2D eigenvalue weighted by molar-refractivity contribution is 0.132. The molecule has 0 amide bonds. The zero-order chi connectivity index (χ0) is 24.1. The van der Waals surface area contributed by atoms with E-state index >= 15 is 0 Å². The molecule has 33 heavy (non-hydrogen) atoms. The molecule has 0 unspecified atom stereocenters. The predicted molar refractivity (Wildman–Crippen MR) is 136 cm³/mol. The monoisotopic (exact) mass is 471 g/mol. The van der Waals surface area contributed by atoms with Gasteiger partial charge in [0.1, 0.15) is 17.5 Å². The number of halogens is 2. The van der Waals surface area contributed by atoms with Crippen molar-refractivity contribution in [1.82, 2.24) is 10.4 Å². The first kappa shape index (κ1) is 26.2. The first-order valence-electron chi connectivity index (χ1n) is 10.9. The van der Waals surface area contributed by atoms with Gasteiger partial charge in [0.05, 0.1) is 28.3 Å². The molecule has 0 bridgehead atoms. The lowest BCUT2D eigenvalue weighted by Gasteiger charge is -2.11. The van der Waals surface area contributed by atoms with Crippen LogP contribution in [0.5, 0.6) is 0 Å². The van der Waals surface area contributed by atoms with Crippen LogP contribution in [0.15, 0.2) is 70.7 Å². The fraction of sp³-hybridized carbons (Fsp3) is 0.320. The molecule has 0 atom stereocenters. The minimum absolute atomic E-state index is 0.310. The van der Waals surface area contributed by atoms with Crippen LogP contribution in [0, 0.1) is 6.92 Å². The van der Waals surface area contributed by atoms with Crippen molar-refractivity contribution in [3.63, 3.8) is 0 Å². The summed E-state index contributed by atoms with van der Waals surface area (Å²) in [6, 6.07) is 11.2. The highest BCUT2D eigenvalue weighted by Gasteiger charge is 2.06. The summed E-state index contributed by atoms with van der Waals surface area (Å²) in [5, 5.41) is 8.03. The molecule has 0 spiro atoms. The van der Waals surface area contributed by atoms with Crippen LogP contribution in [-0.2, 0) is 4.74 Å². The van der Waals surface area contributed by atoms with Crippen LogP contribution in [-0.4, -0.2) is 30.2 Å². The second kappa shape index (κ2) is 14.2. The average Bonchev–Trinajstić information content (AvgIpc) is 2.80. The Morgan fingerprint density at radius 1 is 1.24 bits per heavy atom. The fourth-order valence-electron chi connectivity index (χ4n) is 2.87. The van der Waals surface area contributed by atoms with Gasteiger partial charge >= 0.3 is 0 Å². The van der Waals surface area contributed by atoms with Crippen molar-refractivity contribution >= 4 is 35.2 Å². The van der Waals surface area contributed by atoms with Gasteiger partial charge in [-0.15, -0.1) is 0 Å². The molecule has 0 aliphatic carbocycles. The van der Waals surface area contributed by atoms with Gasteiger partial charge < -0.3 is 10.1 Å². The highest BCUT2D eigenvalue weighted by molar-refractivity contribution is 6.33. The summed E-state index contributed by atoms with van der Waals surface area (Å²) >= 11 is 6.28. The van der Waals surface area contributed by atoms with E-state index < -0.39 is 5.83 Å². The molecule has 1 heterocycles. The summed E-state index contributed by atoms with van der Waals surface area (Å²) < 4.78 is 19.6. The van der Waals surface area contributed by atoms with E-state index in [0.717, 1.165) is 23.7 Å². The number of rotatable bonds is 12. The molecule has 2 N–H and O–H groups in total.